The van der Waals surface area contributed by atoms with Gasteiger partial charge in [-0.2, -0.15) is 0 Å². The summed E-state index contributed by atoms with van der Waals surface area (Å²) in [5.74, 6) is 0.794. The lowest BCUT2D eigenvalue weighted by Gasteiger charge is -2.10. The predicted octanol–water partition coefficient (Wildman–Crippen LogP) is 4.15. The van der Waals surface area contributed by atoms with Crippen LogP contribution in [0.3, 0.4) is 0 Å². The first kappa shape index (κ1) is 17.2. The highest BCUT2D eigenvalue weighted by molar-refractivity contribution is 5.85. The molecule has 4 heteroatoms. The third kappa shape index (κ3) is 5.56. The van der Waals surface area contributed by atoms with Crippen molar-refractivity contribution in [3.05, 3.63) is 59.8 Å². The molecule has 0 bridgehead atoms. The van der Waals surface area contributed by atoms with E-state index in [4.69, 9.17) is 10.1 Å². The molecule has 1 N–H and O–H groups in total. The van der Waals surface area contributed by atoms with Crippen molar-refractivity contribution < 1.29 is 4.74 Å². The van der Waals surface area contributed by atoms with Gasteiger partial charge in [0.05, 0.1) is 6.61 Å². The number of benzene rings is 1. The van der Waals surface area contributed by atoms with E-state index >= 15 is 0 Å². The van der Waals surface area contributed by atoms with Crippen molar-refractivity contribution in [2.24, 2.45) is 5.92 Å². The minimum Gasteiger partial charge on any atom is -0.477 e. The first-order valence-electron chi connectivity index (χ1n) is 6.94. The van der Waals surface area contributed by atoms with Crippen molar-refractivity contribution >= 4 is 18.6 Å². The van der Waals surface area contributed by atoms with Crippen LogP contribution in [0.5, 0.6) is 5.88 Å². The van der Waals surface area contributed by atoms with Crippen molar-refractivity contribution in [3.63, 3.8) is 0 Å². The van der Waals surface area contributed by atoms with Crippen LogP contribution in [0.1, 0.15) is 24.5 Å². The SMILES string of the molecule is CC[C@@H](C=N)COc1ccc(Cc2ccccc2)cn1.Cl. The zero-order valence-electron chi connectivity index (χ0n) is 12.2. The predicted molar refractivity (Wildman–Crippen MR) is 88.8 cm³/mol. The van der Waals surface area contributed by atoms with Gasteiger partial charge in [0.15, 0.2) is 0 Å². The molecule has 0 radical (unpaired) electrons. The third-order valence-electron chi connectivity index (χ3n) is 3.25. The molecule has 1 atom stereocenters. The van der Waals surface area contributed by atoms with Gasteiger partial charge in [-0.1, -0.05) is 43.3 Å². The fourth-order valence-electron chi connectivity index (χ4n) is 1.91. The highest BCUT2D eigenvalue weighted by Gasteiger charge is 2.04. The molecule has 0 unspecified atom stereocenters. The molecule has 3 nitrogen and oxygen atoms in total. The van der Waals surface area contributed by atoms with Gasteiger partial charge in [-0.15, -0.1) is 12.4 Å². The maximum absolute atomic E-state index is 7.26. The fraction of sp³-hybridized carbons (Fsp3) is 0.294. The number of aromatic nitrogens is 1. The average molecular weight is 305 g/mol. The van der Waals surface area contributed by atoms with E-state index in [1.807, 2.05) is 36.5 Å². The minimum atomic E-state index is 0. The summed E-state index contributed by atoms with van der Waals surface area (Å²) >= 11 is 0. The lowest BCUT2D eigenvalue weighted by Crippen LogP contribution is -2.12. The Hall–Kier alpha value is -1.87. The molecule has 1 aromatic heterocycles. The first-order valence-corrected chi connectivity index (χ1v) is 6.94. The zero-order valence-corrected chi connectivity index (χ0v) is 13.0. The summed E-state index contributed by atoms with van der Waals surface area (Å²) in [7, 11) is 0. The maximum Gasteiger partial charge on any atom is 0.213 e. The lowest BCUT2D eigenvalue weighted by atomic mass is 10.1. The quantitative estimate of drug-likeness (QED) is 0.781. The summed E-state index contributed by atoms with van der Waals surface area (Å²) in [6.45, 7) is 2.57. The smallest absolute Gasteiger partial charge is 0.213 e. The van der Waals surface area contributed by atoms with Gasteiger partial charge in [0.2, 0.25) is 5.88 Å². The number of nitrogens with zero attached hydrogens (tertiary/aromatic N) is 1. The Morgan fingerprint density at radius 3 is 2.48 bits per heavy atom. The number of pyridine rings is 1. The summed E-state index contributed by atoms with van der Waals surface area (Å²) in [6.07, 6.45) is 5.08. The van der Waals surface area contributed by atoms with Gasteiger partial charge in [0.25, 0.3) is 0 Å². The van der Waals surface area contributed by atoms with Gasteiger partial charge < -0.3 is 10.1 Å². The molecule has 1 heterocycles. The molecule has 0 saturated heterocycles. The number of hydrogen-bond donors (Lipinski definition) is 1. The maximum atomic E-state index is 7.26. The van der Waals surface area contributed by atoms with E-state index in [0.717, 1.165) is 12.8 Å². The van der Waals surface area contributed by atoms with E-state index in [1.165, 1.54) is 17.3 Å². The summed E-state index contributed by atoms with van der Waals surface area (Å²) in [4.78, 5) is 4.32. The molecule has 0 fully saturated rings. The van der Waals surface area contributed by atoms with Crippen LogP contribution in [0.25, 0.3) is 0 Å². The van der Waals surface area contributed by atoms with Crippen LogP contribution < -0.4 is 4.74 Å². The summed E-state index contributed by atoms with van der Waals surface area (Å²) in [6, 6.07) is 14.3. The highest BCUT2D eigenvalue weighted by atomic mass is 35.5. The van der Waals surface area contributed by atoms with Crippen molar-refractivity contribution in [1.29, 1.82) is 5.41 Å². The van der Waals surface area contributed by atoms with Crippen molar-refractivity contribution in [2.45, 2.75) is 19.8 Å². The Morgan fingerprint density at radius 2 is 1.90 bits per heavy atom. The topological polar surface area (TPSA) is 46.0 Å². The van der Waals surface area contributed by atoms with E-state index in [2.05, 4.69) is 24.0 Å². The van der Waals surface area contributed by atoms with Gasteiger partial charge in [-0.25, -0.2) is 4.98 Å². The average Bonchev–Trinajstić information content (AvgIpc) is 2.51. The standard InChI is InChI=1S/C17H20N2O.ClH/c1-2-14(11-18)13-20-17-9-8-16(12-19-17)10-15-6-4-3-5-7-15;/h3-9,11-12,14,18H,2,10,13H2,1H3;1H/t14-;/m0./s1. The molecule has 112 valence electrons. The number of ether oxygens (including phenoxy) is 1. The third-order valence-corrected chi connectivity index (χ3v) is 3.25. The van der Waals surface area contributed by atoms with Gasteiger partial charge in [0.1, 0.15) is 0 Å². The second-order valence-electron chi connectivity index (χ2n) is 4.81. The molecular weight excluding hydrogens is 284 g/mol. The van der Waals surface area contributed by atoms with Crippen LogP contribution in [0.4, 0.5) is 0 Å². The molecule has 21 heavy (non-hydrogen) atoms. The molecular formula is C17H21ClN2O. The van der Waals surface area contributed by atoms with Crippen LogP contribution in [-0.4, -0.2) is 17.8 Å². The van der Waals surface area contributed by atoms with Gasteiger partial charge in [0, 0.05) is 24.4 Å². The summed E-state index contributed by atoms with van der Waals surface area (Å²) in [5, 5.41) is 7.26. The van der Waals surface area contributed by atoms with Crippen LogP contribution in [0, 0.1) is 11.3 Å². The van der Waals surface area contributed by atoms with E-state index in [9.17, 15) is 0 Å². The Labute approximate surface area is 132 Å². The summed E-state index contributed by atoms with van der Waals surface area (Å²) < 4.78 is 5.59. The summed E-state index contributed by atoms with van der Waals surface area (Å²) in [5.41, 5.74) is 2.44. The van der Waals surface area contributed by atoms with E-state index in [1.54, 1.807) is 0 Å². The molecule has 0 saturated carbocycles. The Morgan fingerprint density at radius 1 is 1.14 bits per heavy atom. The Bertz CT molecular complexity index is 528. The molecule has 2 aromatic rings. The van der Waals surface area contributed by atoms with Gasteiger partial charge in [-0.05, 0) is 24.0 Å². The van der Waals surface area contributed by atoms with E-state index in [0.29, 0.717) is 12.5 Å². The largest absolute Gasteiger partial charge is 0.477 e. The number of rotatable bonds is 7. The van der Waals surface area contributed by atoms with Crippen molar-refractivity contribution in [1.82, 2.24) is 4.98 Å². The molecule has 2 rings (SSSR count). The molecule has 0 aliphatic carbocycles. The first-order chi connectivity index (χ1) is 9.81. The minimum absolute atomic E-state index is 0. The molecule has 0 aliphatic heterocycles. The monoisotopic (exact) mass is 304 g/mol. The highest BCUT2D eigenvalue weighted by Crippen LogP contribution is 2.13. The van der Waals surface area contributed by atoms with Crippen molar-refractivity contribution in [2.75, 3.05) is 6.61 Å². The number of nitrogens with one attached hydrogen (secondary N) is 1. The molecule has 1 aromatic carbocycles. The molecule has 0 spiro atoms. The van der Waals surface area contributed by atoms with Gasteiger partial charge in [-0.3, -0.25) is 0 Å². The van der Waals surface area contributed by atoms with Crippen molar-refractivity contribution in [3.8, 4) is 5.88 Å². The van der Waals surface area contributed by atoms with Crippen LogP contribution in [0.15, 0.2) is 48.7 Å². The van der Waals surface area contributed by atoms with Gasteiger partial charge >= 0.3 is 0 Å². The lowest BCUT2D eigenvalue weighted by molar-refractivity contribution is 0.273. The second kappa shape index (κ2) is 9.14. The zero-order chi connectivity index (χ0) is 14.2. The Balaban J connectivity index is 0.00000220. The number of hydrogen-bond acceptors (Lipinski definition) is 3. The van der Waals surface area contributed by atoms with Crippen LogP contribution in [-0.2, 0) is 6.42 Å². The molecule has 0 aliphatic rings. The normalized spacial score (nSPS) is 11.3. The molecule has 0 amide bonds. The van der Waals surface area contributed by atoms with E-state index < -0.39 is 0 Å². The second-order valence-corrected chi connectivity index (χ2v) is 4.81. The van der Waals surface area contributed by atoms with E-state index in [-0.39, 0.29) is 18.3 Å². The number of halogens is 1. The fourth-order valence-corrected chi connectivity index (χ4v) is 1.91. The Kier molecular flexibility index (Phi) is 7.48. The van der Waals surface area contributed by atoms with Crippen LogP contribution >= 0.6 is 12.4 Å². The van der Waals surface area contributed by atoms with Crippen LogP contribution in [0.2, 0.25) is 0 Å².